The van der Waals surface area contributed by atoms with E-state index >= 15 is 0 Å². The summed E-state index contributed by atoms with van der Waals surface area (Å²) in [6.07, 6.45) is 0. The molecule has 0 fully saturated rings. The van der Waals surface area contributed by atoms with Crippen molar-refractivity contribution in [2.45, 2.75) is 25.7 Å². The summed E-state index contributed by atoms with van der Waals surface area (Å²) in [5.74, 6) is 0. The Morgan fingerprint density at radius 2 is 1.50 bits per heavy atom. The third-order valence-electron chi connectivity index (χ3n) is 2.47. The molecule has 0 bridgehead atoms. The van der Waals surface area contributed by atoms with E-state index < -0.39 is 11.0 Å². The summed E-state index contributed by atoms with van der Waals surface area (Å²) in [5, 5.41) is 5.45. The largest absolute Gasteiger partial charge is 0.248 e. The molecule has 0 amide bonds. The maximum absolute atomic E-state index is 11.4. The van der Waals surface area contributed by atoms with Gasteiger partial charge in [-0.15, -0.1) is 0 Å². The molecule has 0 aliphatic rings. The molecule has 0 saturated carbocycles. The highest BCUT2D eigenvalue weighted by atomic mass is 32.2. The monoisotopic (exact) mass is 261 g/mol. The Labute approximate surface area is 111 Å². The van der Waals surface area contributed by atoms with Gasteiger partial charge in [-0.05, 0) is 24.1 Å². The highest BCUT2D eigenvalue weighted by molar-refractivity contribution is 7.82. The second-order valence-corrected chi connectivity index (χ2v) is 4.69. The molecular weight excluding hydrogens is 242 g/mol. The molecule has 0 aliphatic carbocycles. The van der Waals surface area contributed by atoms with Crippen molar-refractivity contribution >= 4 is 11.0 Å². The SMILES string of the molecule is CC.Cc1ccc(-c2ccccc2S(N)=O)cc1. The van der Waals surface area contributed by atoms with Gasteiger partial charge < -0.3 is 0 Å². The summed E-state index contributed by atoms with van der Waals surface area (Å²) >= 11 is 0. The van der Waals surface area contributed by atoms with Gasteiger partial charge in [0, 0.05) is 0 Å². The Balaban J connectivity index is 0.000000771. The highest BCUT2D eigenvalue weighted by Crippen LogP contribution is 2.25. The van der Waals surface area contributed by atoms with Gasteiger partial charge in [0.2, 0.25) is 0 Å². The van der Waals surface area contributed by atoms with Crippen molar-refractivity contribution in [1.82, 2.24) is 0 Å². The molecule has 18 heavy (non-hydrogen) atoms. The molecule has 96 valence electrons. The Hall–Kier alpha value is -1.45. The zero-order valence-corrected chi connectivity index (χ0v) is 11.8. The van der Waals surface area contributed by atoms with Crippen LogP contribution in [0, 0.1) is 6.92 Å². The van der Waals surface area contributed by atoms with Crippen molar-refractivity contribution in [2.24, 2.45) is 5.14 Å². The molecule has 0 saturated heterocycles. The van der Waals surface area contributed by atoms with Gasteiger partial charge in [0.15, 0.2) is 0 Å². The molecule has 0 aliphatic heterocycles. The summed E-state index contributed by atoms with van der Waals surface area (Å²) in [7, 11) is -1.45. The minimum atomic E-state index is -1.45. The van der Waals surface area contributed by atoms with Gasteiger partial charge in [0.1, 0.15) is 11.0 Å². The molecule has 0 radical (unpaired) electrons. The van der Waals surface area contributed by atoms with Gasteiger partial charge in [0.25, 0.3) is 0 Å². The van der Waals surface area contributed by atoms with Crippen LogP contribution >= 0.6 is 0 Å². The first-order valence-electron chi connectivity index (χ1n) is 6.01. The number of nitrogens with two attached hydrogens (primary N) is 1. The van der Waals surface area contributed by atoms with E-state index in [1.807, 2.05) is 63.2 Å². The lowest BCUT2D eigenvalue weighted by Gasteiger charge is -2.07. The zero-order chi connectivity index (χ0) is 13.5. The van der Waals surface area contributed by atoms with Crippen molar-refractivity contribution in [2.75, 3.05) is 0 Å². The molecule has 2 aromatic rings. The normalized spacial score (nSPS) is 11.3. The van der Waals surface area contributed by atoms with E-state index in [2.05, 4.69) is 0 Å². The van der Waals surface area contributed by atoms with Crippen molar-refractivity contribution in [1.29, 1.82) is 0 Å². The number of hydrogen-bond acceptors (Lipinski definition) is 1. The predicted octanol–water partition coefficient (Wildman–Crippen LogP) is 3.67. The lowest BCUT2D eigenvalue weighted by Crippen LogP contribution is -2.04. The fourth-order valence-electron chi connectivity index (χ4n) is 1.61. The molecule has 1 unspecified atom stereocenters. The quantitative estimate of drug-likeness (QED) is 0.880. The third kappa shape index (κ3) is 3.52. The number of aryl methyl sites for hydroxylation is 1. The van der Waals surface area contributed by atoms with E-state index in [0.29, 0.717) is 4.90 Å². The fraction of sp³-hybridized carbons (Fsp3) is 0.200. The maximum atomic E-state index is 11.4. The van der Waals surface area contributed by atoms with Crippen LogP contribution < -0.4 is 5.14 Å². The van der Waals surface area contributed by atoms with Crippen LogP contribution in [0.3, 0.4) is 0 Å². The third-order valence-corrected chi connectivity index (χ3v) is 3.26. The molecule has 1 atom stereocenters. The van der Waals surface area contributed by atoms with Crippen LogP contribution in [0.25, 0.3) is 11.1 Å². The highest BCUT2D eigenvalue weighted by Gasteiger charge is 2.07. The number of benzene rings is 2. The van der Waals surface area contributed by atoms with Crippen LogP contribution in [0.2, 0.25) is 0 Å². The summed E-state index contributed by atoms with van der Waals surface area (Å²) < 4.78 is 11.4. The molecule has 3 heteroatoms. The van der Waals surface area contributed by atoms with Gasteiger partial charge in [-0.25, -0.2) is 9.35 Å². The number of hydrogen-bond donors (Lipinski definition) is 1. The van der Waals surface area contributed by atoms with Gasteiger partial charge in [0.05, 0.1) is 4.90 Å². The first-order chi connectivity index (χ1) is 8.68. The summed E-state index contributed by atoms with van der Waals surface area (Å²) in [6, 6.07) is 15.6. The van der Waals surface area contributed by atoms with E-state index in [1.165, 1.54) is 5.56 Å². The molecule has 2 nitrogen and oxygen atoms in total. The Bertz CT molecular complexity index is 520. The summed E-state index contributed by atoms with van der Waals surface area (Å²) in [4.78, 5) is 0.673. The van der Waals surface area contributed by atoms with Crippen LogP contribution in [0.5, 0.6) is 0 Å². The Morgan fingerprint density at radius 3 is 2.06 bits per heavy atom. The molecular formula is C15H19NOS. The van der Waals surface area contributed by atoms with Crippen LogP contribution in [0.15, 0.2) is 53.4 Å². The van der Waals surface area contributed by atoms with Crippen LogP contribution in [-0.4, -0.2) is 4.21 Å². The summed E-state index contributed by atoms with van der Waals surface area (Å²) in [6.45, 7) is 6.04. The van der Waals surface area contributed by atoms with Crippen LogP contribution in [-0.2, 0) is 11.0 Å². The van der Waals surface area contributed by atoms with Gasteiger partial charge in [-0.2, -0.15) is 0 Å². The smallest absolute Gasteiger partial charge is 0.122 e. The van der Waals surface area contributed by atoms with Gasteiger partial charge >= 0.3 is 0 Å². The van der Waals surface area contributed by atoms with E-state index in [4.69, 9.17) is 5.14 Å². The molecule has 2 aromatic carbocycles. The summed E-state index contributed by atoms with van der Waals surface area (Å²) in [5.41, 5.74) is 3.18. The fourth-order valence-corrected chi connectivity index (χ4v) is 2.23. The molecule has 2 N–H and O–H groups in total. The van der Waals surface area contributed by atoms with E-state index in [9.17, 15) is 4.21 Å². The lowest BCUT2D eigenvalue weighted by molar-refractivity contribution is 0.684. The minimum absolute atomic E-state index is 0.673. The average Bonchev–Trinajstić information content (AvgIpc) is 2.42. The Morgan fingerprint density at radius 1 is 0.944 bits per heavy atom. The van der Waals surface area contributed by atoms with E-state index in [1.54, 1.807) is 6.07 Å². The minimum Gasteiger partial charge on any atom is -0.248 e. The van der Waals surface area contributed by atoms with Crippen molar-refractivity contribution < 1.29 is 4.21 Å². The maximum Gasteiger partial charge on any atom is 0.122 e. The number of rotatable bonds is 2. The standard InChI is InChI=1S/C13H13NOS.C2H6/c1-10-6-8-11(9-7-10)12-4-2-3-5-13(12)16(14)15;1-2/h2-9H,14H2,1H3;1-2H3. The van der Waals surface area contributed by atoms with Crippen molar-refractivity contribution in [3.8, 4) is 11.1 Å². The van der Waals surface area contributed by atoms with Crippen LogP contribution in [0.1, 0.15) is 19.4 Å². The Kier molecular flexibility index (Phi) is 5.75. The lowest BCUT2D eigenvalue weighted by atomic mass is 10.0. The topological polar surface area (TPSA) is 43.1 Å². The molecule has 2 rings (SSSR count). The average molecular weight is 261 g/mol. The van der Waals surface area contributed by atoms with E-state index in [-0.39, 0.29) is 0 Å². The molecule has 0 aromatic heterocycles. The first-order valence-corrected chi connectivity index (χ1v) is 7.22. The van der Waals surface area contributed by atoms with Crippen molar-refractivity contribution in [3.63, 3.8) is 0 Å². The van der Waals surface area contributed by atoms with Gasteiger partial charge in [-0.1, -0.05) is 61.9 Å². The zero-order valence-electron chi connectivity index (χ0n) is 11.0. The predicted molar refractivity (Wildman–Crippen MR) is 78.6 cm³/mol. The van der Waals surface area contributed by atoms with E-state index in [0.717, 1.165) is 11.1 Å². The molecule has 0 spiro atoms. The second-order valence-electron chi connectivity index (χ2n) is 3.66. The molecule has 0 heterocycles. The van der Waals surface area contributed by atoms with Gasteiger partial charge in [-0.3, -0.25) is 0 Å². The van der Waals surface area contributed by atoms with Crippen molar-refractivity contribution in [3.05, 3.63) is 54.1 Å². The second kappa shape index (κ2) is 7.09. The first kappa shape index (κ1) is 14.6. The van der Waals surface area contributed by atoms with Crippen LogP contribution in [0.4, 0.5) is 0 Å².